The van der Waals surface area contributed by atoms with Gasteiger partial charge < -0.3 is 9.47 Å². The minimum Gasteiger partial charge on any atom is -0.336 e. The van der Waals surface area contributed by atoms with E-state index in [9.17, 15) is 4.79 Å². The van der Waals surface area contributed by atoms with E-state index in [1.165, 1.54) is 5.56 Å². The van der Waals surface area contributed by atoms with Crippen LogP contribution in [0.3, 0.4) is 0 Å². The second-order valence-electron chi connectivity index (χ2n) is 8.08. The molecule has 1 aromatic carbocycles. The molecule has 4 rings (SSSR count). The summed E-state index contributed by atoms with van der Waals surface area (Å²) in [4.78, 5) is 21.6. The first-order valence-corrected chi connectivity index (χ1v) is 9.79. The molecule has 0 radical (unpaired) electrons. The fourth-order valence-electron chi connectivity index (χ4n) is 4.76. The van der Waals surface area contributed by atoms with Gasteiger partial charge in [0.2, 0.25) is 5.91 Å². The van der Waals surface area contributed by atoms with Crippen molar-refractivity contribution < 1.29 is 4.79 Å². The van der Waals surface area contributed by atoms with Gasteiger partial charge in [0.1, 0.15) is 0 Å². The van der Waals surface area contributed by atoms with Gasteiger partial charge in [-0.3, -0.25) is 15.0 Å². The van der Waals surface area contributed by atoms with Crippen LogP contribution in [0, 0.1) is 0 Å². The third-order valence-electron chi connectivity index (χ3n) is 6.59. The minimum atomic E-state index is -0.386. The van der Waals surface area contributed by atoms with E-state index in [1.807, 2.05) is 15.7 Å². The van der Waals surface area contributed by atoms with E-state index in [2.05, 4.69) is 59.6 Å². The number of amides is 1. The molecule has 2 heterocycles. The van der Waals surface area contributed by atoms with Crippen LogP contribution >= 0.6 is 0 Å². The van der Waals surface area contributed by atoms with Gasteiger partial charge in [-0.2, -0.15) is 0 Å². The van der Waals surface area contributed by atoms with E-state index in [0.717, 1.165) is 38.8 Å². The normalized spacial score (nSPS) is 28.4. The van der Waals surface area contributed by atoms with Gasteiger partial charge >= 0.3 is 0 Å². The molecule has 27 heavy (non-hydrogen) atoms. The Labute approximate surface area is 161 Å². The molecule has 0 unspecified atom stereocenters. The van der Waals surface area contributed by atoms with Gasteiger partial charge in [0.25, 0.3) is 0 Å². The zero-order valence-corrected chi connectivity index (χ0v) is 16.3. The van der Waals surface area contributed by atoms with Crippen LogP contribution in [0.5, 0.6) is 0 Å². The number of hydrogen-bond donors (Lipinski definition) is 1. The van der Waals surface area contributed by atoms with Crippen LogP contribution in [-0.2, 0) is 16.9 Å². The highest BCUT2D eigenvalue weighted by atomic mass is 16.2. The molecule has 0 atom stereocenters. The molecule has 2 aliphatic rings. The van der Waals surface area contributed by atoms with Crippen LogP contribution in [0.25, 0.3) is 0 Å². The van der Waals surface area contributed by atoms with Crippen LogP contribution in [0.2, 0.25) is 0 Å². The summed E-state index contributed by atoms with van der Waals surface area (Å²) in [5.41, 5.74) is 0.981. The van der Waals surface area contributed by atoms with Crippen LogP contribution in [0.4, 0.5) is 0 Å². The number of aromatic nitrogens is 2. The summed E-state index contributed by atoms with van der Waals surface area (Å²) in [6.45, 7) is 2.16. The predicted molar refractivity (Wildman–Crippen MR) is 105 cm³/mol. The summed E-state index contributed by atoms with van der Waals surface area (Å²) >= 11 is 0. The number of hydrogen-bond acceptors (Lipinski definition) is 4. The Balaban J connectivity index is 1.45. The average molecular weight is 367 g/mol. The highest BCUT2D eigenvalue weighted by Gasteiger charge is 2.52. The molecule has 1 amide bonds. The number of carbonyl (C=O) groups excluding carboxylic acids is 1. The van der Waals surface area contributed by atoms with Crippen LogP contribution in [0.1, 0.15) is 31.2 Å². The maximum Gasteiger partial charge on any atom is 0.244 e. The summed E-state index contributed by atoms with van der Waals surface area (Å²) < 4.78 is 2.02. The van der Waals surface area contributed by atoms with E-state index in [-0.39, 0.29) is 17.0 Å². The quantitative estimate of drug-likeness (QED) is 0.879. The van der Waals surface area contributed by atoms with E-state index in [0.29, 0.717) is 6.67 Å². The van der Waals surface area contributed by atoms with Gasteiger partial charge in [-0.25, -0.2) is 4.98 Å². The van der Waals surface area contributed by atoms with Gasteiger partial charge in [-0.15, -0.1) is 0 Å². The Bertz CT molecular complexity index is 763. The maximum atomic E-state index is 13.2. The van der Waals surface area contributed by atoms with Crippen molar-refractivity contribution in [2.45, 2.75) is 43.3 Å². The van der Waals surface area contributed by atoms with Crippen LogP contribution in [-0.4, -0.2) is 58.1 Å². The Morgan fingerprint density at radius 2 is 1.85 bits per heavy atom. The van der Waals surface area contributed by atoms with Crippen LogP contribution < -0.4 is 5.32 Å². The lowest BCUT2D eigenvalue weighted by atomic mass is 9.68. The zero-order chi connectivity index (χ0) is 18.9. The summed E-state index contributed by atoms with van der Waals surface area (Å²) in [5, 5.41) is 3.56. The molecule has 0 bridgehead atoms. The lowest BCUT2D eigenvalue weighted by Crippen LogP contribution is -2.55. The Morgan fingerprint density at radius 3 is 2.48 bits per heavy atom. The number of benzene rings is 1. The third kappa shape index (κ3) is 3.17. The number of nitrogens with one attached hydrogen (secondary N) is 1. The zero-order valence-electron chi connectivity index (χ0n) is 16.3. The Kier molecular flexibility index (Phi) is 4.78. The summed E-state index contributed by atoms with van der Waals surface area (Å²) in [6, 6.07) is 10.7. The monoisotopic (exact) mass is 367 g/mol. The fraction of sp³-hybridized carbons (Fsp3) is 0.524. The van der Waals surface area contributed by atoms with Gasteiger partial charge in [0, 0.05) is 31.0 Å². The number of imidazole rings is 1. The molecule has 1 saturated carbocycles. The van der Waals surface area contributed by atoms with Gasteiger partial charge in [0.05, 0.1) is 18.5 Å². The Morgan fingerprint density at radius 1 is 1.11 bits per heavy atom. The van der Waals surface area contributed by atoms with Crippen LogP contribution in [0.15, 0.2) is 49.1 Å². The molecule has 1 aromatic heterocycles. The predicted octanol–water partition coefficient (Wildman–Crippen LogP) is 2.04. The molecule has 1 aliphatic carbocycles. The number of carbonyl (C=O) groups is 1. The molecule has 2 aromatic rings. The average Bonchev–Trinajstić information content (AvgIpc) is 3.31. The topological polar surface area (TPSA) is 53.4 Å². The standard InChI is InChI=1S/C21H29N5O/c1-24(2)21(18-6-4-3-5-7-18)10-8-20(9-11-21)19(27)26(17-23-20)15-14-25-13-12-22-16-25/h3-7,12-13,16,23H,8-11,14-15,17H2,1-2H3/t20-,21+. The van der Waals surface area contributed by atoms with Crippen molar-refractivity contribution in [3.05, 3.63) is 54.6 Å². The first kappa shape index (κ1) is 18.2. The summed E-state index contributed by atoms with van der Waals surface area (Å²) in [7, 11) is 4.32. The lowest BCUT2D eigenvalue weighted by Gasteiger charge is -2.48. The van der Waals surface area contributed by atoms with Gasteiger partial charge in [0.15, 0.2) is 0 Å². The molecule has 6 heteroatoms. The molecule has 1 saturated heterocycles. The van der Waals surface area contributed by atoms with E-state index in [1.54, 1.807) is 12.5 Å². The highest BCUT2D eigenvalue weighted by Crippen LogP contribution is 2.46. The van der Waals surface area contributed by atoms with E-state index in [4.69, 9.17) is 0 Å². The molecule has 2 fully saturated rings. The summed E-state index contributed by atoms with van der Waals surface area (Å²) in [6.07, 6.45) is 9.24. The minimum absolute atomic E-state index is 0.0126. The highest BCUT2D eigenvalue weighted by molar-refractivity contribution is 5.88. The van der Waals surface area contributed by atoms with Crippen molar-refractivity contribution in [1.82, 2.24) is 24.7 Å². The molecule has 1 N–H and O–H groups in total. The van der Waals surface area contributed by atoms with Crippen molar-refractivity contribution >= 4 is 5.91 Å². The fourth-order valence-corrected chi connectivity index (χ4v) is 4.76. The number of nitrogens with zero attached hydrogens (tertiary/aromatic N) is 4. The molecule has 144 valence electrons. The second-order valence-corrected chi connectivity index (χ2v) is 8.08. The van der Waals surface area contributed by atoms with Crippen molar-refractivity contribution in [2.24, 2.45) is 0 Å². The van der Waals surface area contributed by atoms with Gasteiger partial charge in [-0.05, 0) is 45.3 Å². The smallest absolute Gasteiger partial charge is 0.244 e. The maximum absolute atomic E-state index is 13.2. The largest absolute Gasteiger partial charge is 0.336 e. The molecule has 1 spiro atoms. The van der Waals surface area contributed by atoms with E-state index < -0.39 is 0 Å². The second kappa shape index (κ2) is 7.09. The summed E-state index contributed by atoms with van der Waals surface area (Å²) in [5.74, 6) is 0.267. The lowest BCUT2D eigenvalue weighted by molar-refractivity contribution is -0.134. The van der Waals surface area contributed by atoms with Crippen molar-refractivity contribution in [2.75, 3.05) is 27.3 Å². The van der Waals surface area contributed by atoms with Crippen molar-refractivity contribution in [3.63, 3.8) is 0 Å². The molecular formula is C21H29N5O. The SMILES string of the molecule is CN(C)[C@]1(c2ccccc2)CC[C@@]2(CC1)NCN(CCn1ccnc1)C2=O. The first-order valence-electron chi connectivity index (χ1n) is 9.79. The number of rotatable bonds is 5. The first-order chi connectivity index (χ1) is 13.1. The van der Waals surface area contributed by atoms with Crippen molar-refractivity contribution in [1.29, 1.82) is 0 Å². The molecule has 1 aliphatic heterocycles. The van der Waals surface area contributed by atoms with E-state index >= 15 is 0 Å². The Hall–Kier alpha value is -2.18. The third-order valence-corrected chi connectivity index (χ3v) is 6.59. The van der Waals surface area contributed by atoms with Gasteiger partial charge in [-0.1, -0.05) is 30.3 Å². The van der Waals surface area contributed by atoms with Crippen molar-refractivity contribution in [3.8, 4) is 0 Å². The molecule has 6 nitrogen and oxygen atoms in total. The molecular weight excluding hydrogens is 338 g/mol.